The molecular formula is C81H144O17P2. The monoisotopic (exact) mass is 1450 g/mol. The lowest BCUT2D eigenvalue weighted by Crippen LogP contribution is -2.30. The highest BCUT2D eigenvalue weighted by Gasteiger charge is 2.30. The SMILES string of the molecule is CC/C=C\C/C=C\C/C=C\C/C=C\CCCCCCCCC(=O)OCC(COP(=O)(O)OCC(O)COP(=O)(O)OCC(COC(=O)CCCCCCC/C=C\CCCCCCCC)OC(=O)CCCCCCC/C=C\C/C=C\CCC)OC(=O)CCCCCCCCCCCCCCC. The van der Waals surface area contributed by atoms with Crippen LogP contribution in [-0.2, 0) is 65.4 Å². The van der Waals surface area contributed by atoms with E-state index >= 15 is 0 Å². The van der Waals surface area contributed by atoms with E-state index in [4.69, 9.17) is 37.0 Å². The molecule has 0 aliphatic rings. The number of ether oxygens (including phenoxy) is 4. The van der Waals surface area contributed by atoms with Gasteiger partial charge >= 0.3 is 39.5 Å². The van der Waals surface area contributed by atoms with Gasteiger partial charge in [0.15, 0.2) is 12.2 Å². The van der Waals surface area contributed by atoms with Crippen molar-refractivity contribution in [1.29, 1.82) is 0 Å². The highest BCUT2D eigenvalue weighted by atomic mass is 31.2. The normalized spacial score (nSPS) is 14.3. The Morgan fingerprint density at radius 1 is 0.290 bits per heavy atom. The van der Waals surface area contributed by atoms with Crippen LogP contribution in [0.1, 0.15) is 349 Å². The minimum absolute atomic E-state index is 0.0793. The van der Waals surface area contributed by atoms with Gasteiger partial charge < -0.3 is 33.8 Å². The number of phosphoric ester groups is 2. The summed E-state index contributed by atoms with van der Waals surface area (Å²) < 4.78 is 68.6. The highest BCUT2D eigenvalue weighted by molar-refractivity contribution is 7.47. The van der Waals surface area contributed by atoms with Crippen LogP contribution >= 0.6 is 15.6 Å². The molecule has 0 fully saturated rings. The molecule has 580 valence electrons. The van der Waals surface area contributed by atoms with Gasteiger partial charge in [-0.1, -0.05) is 293 Å². The molecule has 0 radical (unpaired) electrons. The van der Waals surface area contributed by atoms with E-state index in [1.807, 2.05) is 0 Å². The molecule has 0 saturated heterocycles. The minimum atomic E-state index is -4.98. The summed E-state index contributed by atoms with van der Waals surface area (Å²) in [6.45, 7) is 4.70. The lowest BCUT2D eigenvalue weighted by molar-refractivity contribution is -0.161. The second-order valence-corrected chi connectivity index (χ2v) is 29.5. The van der Waals surface area contributed by atoms with E-state index in [-0.39, 0.29) is 25.7 Å². The quantitative estimate of drug-likeness (QED) is 0.0169. The molecule has 0 aliphatic carbocycles. The Balaban J connectivity index is 5.32. The Morgan fingerprint density at radius 2 is 0.540 bits per heavy atom. The average molecular weight is 1450 g/mol. The van der Waals surface area contributed by atoms with Gasteiger partial charge in [-0.25, -0.2) is 9.13 Å². The van der Waals surface area contributed by atoms with Gasteiger partial charge in [0.05, 0.1) is 26.4 Å². The second kappa shape index (κ2) is 73.5. The van der Waals surface area contributed by atoms with Crippen molar-refractivity contribution in [1.82, 2.24) is 0 Å². The molecule has 17 nitrogen and oxygen atoms in total. The predicted molar refractivity (Wildman–Crippen MR) is 409 cm³/mol. The van der Waals surface area contributed by atoms with Gasteiger partial charge in [0, 0.05) is 25.7 Å². The molecule has 0 amide bonds. The Hall–Kier alpha value is -3.76. The zero-order chi connectivity index (χ0) is 73.2. The van der Waals surface area contributed by atoms with Gasteiger partial charge in [-0.2, -0.15) is 0 Å². The summed E-state index contributed by atoms with van der Waals surface area (Å²) in [5.41, 5.74) is 0. The molecule has 0 spiro atoms. The summed E-state index contributed by atoms with van der Waals surface area (Å²) >= 11 is 0. The van der Waals surface area contributed by atoms with E-state index < -0.39 is 97.5 Å². The first kappa shape index (κ1) is 96.2. The minimum Gasteiger partial charge on any atom is -0.462 e. The van der Waals surface area contributed by atoms with Gasteiger partial charge in [0.25, 0.3) is 0 Å². The molecule has 0 heterocycles. The summed E-state index contributed by atoms with van der Waals surface area (Å²) in [6, 6.07) is 0. The maximum absolute atomic E-state index is 13.1. The predicted octanol–water partition coefficient (Wildman–Crippen LogP) is 23.0. The van der Waals surface area contributed by atoms with Crippen molar-refractivity contribution < 1.29 is 80.2 Å². The van der Waals surface area contributed by atoms with Gasteiger partial charge in [-0.05, 0) is 116 Å². The average Bonchev–Trinajstić information content (AvgIpc) is 0.935. The Bertz CT molecular complexity index is 2230. The molecule has 0 aliphatic heterocycles. The first-order valence-corrected chi connectivity index (χ1v) is 42.8. The number of aliphatic hydroxyl groups is 1. The molecule has 0 rings (SSSR count). The number of hydrogen-bond acceptors (Lipinski definition) is 15. The van der Waals surface area contributed by atoms with Crippen LogP contribution in [0.2, 0.25) is 0 Å². The molecule has 5 atom stereocenters. The van der Waals surface area contributed by atoms with Crippen LogP contribution in [0.3, 0.4) is 0 Å². The summed E-state index contributed by atoms with van der Waals surface area (Å²) in [5.74, 6) is -2.19. The Kier molecular flexibility index (Phi) is 70.8. The van der Waals surface area contributed by atoms with E-state index in [2.05, 4.69) is 113 Å². The third kappa shape index (κ3) is 72.6. The summed E-state index contributed by atoms with van der Waals surface area (Å²) in [6.07, 6.45) is 75.6. The van der Waals surface area contributed by atoms with Crippen molar-refractivity contribution in [2.24, 2.45) is 0 Å². The maximum atomic E-state index is 13.1. The third-order valence-corrected chi connectivity index (χ3v) is 18.7. The standard InChI is InChI=1S/C81H144O17P2/c1-5-9-13-17-21-25-29-33-35-36-37-38-40-44-46-50-54-58-62-66-79(84)92-72-77(98-81(86)68-64-60-56-52-48-42-32-28-24-20-16-12-8-4)74-96-100(89,90)94-70-75(82)69-93-99(87,88)95-73-76(97-80(85)67-63-59-55-51-47-41-31-27-23-19-15-11-7-3)71-91-78(83)65-61-57-53-49-45-43-39-34-30-26-22-18-14-10-6-2/h9,13,15,19,21,25,27,31,33-35,37-39,75-77,82H,5-8,10-12,14,16-18,20,22-24,26,28-30,32,36,40-74H2,1-4H3,(H,87,88)(H,89,90)/b13-9-,19-15-,25-21-,31-27-,35-33-,38-37-,39-34-. The van der Waals surface area contributed by atoms with E-state index in [0.29, 0.717) is 25.7 Å². The number of esters is 4. The Labute approximate surface area is 608 Å². The van der Waals surface area contributed by atoms with Crippen LogP contribution < -0.4 is 0 Å². The second-order valence-electron chi connectivity index (χ2n) is 26.6. The zero-order valence-electron chi connectivity index (χ0n) is 63.4. The van der Waals surface area contributed by atoms with Crippen LogP contribution in [0.25, 0.3) is 0 Å². The topological polar surface area (TPSA) is 237 Å². The maximum Gasteiger partial charge on any atom is 0.472 e. The molecule has 0 aromatic carbocycles. The number of allylic oxidation sites excluding steroid dienone is 14. The van der Waals surface area contributed by atoms with Crippen molar-refractivity contribution in [2.75, 3.05) is 39.6 Å². The van der Waals surface area contributed by atoms with Crippen LogP contribution in [0.15, 0.2) is 85.1 Å². The third-order valence-electron chi connectivity index (χ3n) is 16.8. The van der Waals surface area contributed by atoms with Gasteiger partial charge in [0.2, 0.25) is 0 Å². The summed E-state index contributed by atoms with van der Waals surface area (Å²) in [5, 5.41) is 10.6. The lowest BCUT2D eigenvalue weighted by Gasteiger charge is -2.21. The van der Waals surface area contributed by atoms with Crippen LogP contribution in [0.5, 0.6) is 0 Å². The summed E-state index contributed by atoms with van der Waals surface area (Å²) in [7, 11) is -9.95. The van der Waals surface area contributed by atoms with Gasteiger partial charge in [0.1, 0.15) is 19.3 Å². The molecular weight excluding hydrogens is 1310 g/mol. The summed E-state index contributed by atoms with van der Waals surface area (Å²) in [4.78, 5) is 72.9. The number of carbonyl (C=O) groups is 4. The fourth-order valence-electron chi connectivity index (χ4n) is 10.8. The molecule has 0 saturated carbocycles. The van der Waals surface area contributed by atoms with Crippen LogP contribution in [0.4, 0.5) is 0 Å². The first-order chi connectivity index (χ1) is 48.7. The number of phosphoric acid groups is 2. The van der Waals surface area contributed by atoms with Crippen molar-refractivity contribution in [2.45, 2.75) is 367 Å². The van der Waals surface area contributed by atoms with Crippen molar-refractivity contribution in [3.05, 3.63) is 85.1 Å². The number of rotatable bonds is 75. The molecule has 0 aromatic heterocycles. The number of carbonyl (C=O) groups excluding carboxylic acids is 4. The van der Waals surface area contributed by atoms with Gasteiger partial charge in [-0.15, -0.1) is 0 Å². The van der Waals surface area contributed by atoms with E-state index in [9.17, 15) is 43.2 Å². The fraction of sp³-hybridized carbons (Fsp3) is 0.778. The first-order valence-electron chi connectivity index (χ1n) is 39.8. The molecule has 5 unspecified atom stereocenters. The van der Waals surface area contributed by atoms with Crippen LogP contribution in [-0.4, -0.2) is 96.7 Å². The molecule has 0 bridgehead atoms. The van der Waals surface area contributed by atoms with E-state index in [1.54, 1.807) is 0 Å². The van der Waals surface area contributed by atoms with E-state index in [0.717, 1.165) is 180 Å². The lowest BCUT2D eigenvalue weighted by atomic mass is 10.0. The highest BCUT2D eigenvalue weighted by Crippen LogP contribution is 2.45. The molecule has 3 N–H and O–H groups in total. The van der Waals surface area contributed by atoms with Crippen molar-refractivity contribution >= 4 is 39.5 Å². The molecule has 100 heavy (non-hydrogen) atoms. The largest absolute Gasteiger partial charge is 0.472 e. The smallest absolute Gasteiger partial charge is 0.462 e. The number of unbranched alkanes of at least 4 members (excludes halogenated alkanes) is 35. The number of hydrogen-bond donors (Lipinski definition) is 3. The van der Waals surface area contributed by atoms with Crippen LogP contribution in [0, 0.1) is 0 Å². The van der Waals surface area contributed by atoms with Crippen molar-refractivity contribution in [3.8, 4) is 0 Å². The fourth-order valence-corrected chi connectivity index (χ4v) is 12.4. The number of aliphatic hydroxyl groups excluding tert-OH is 1. The molecule has 0 aromatic rings. The van der Waals surface area contributed by atoms with E-state index in [1.165, 1.54) is 89.9 Å². The Morgan fingerprint density at radius 3 is 0.850 bits per heavy atom. The van der Waals surface area contributed by atoms with Crippen molar-refractivity contribution in [3.63, 3.8) is 0 Å². The molecule has 19 heteroatoms. The van der Waals surface area contributed by atoms with Gasteiger partial charge in [-0.3, -0.25) is 37.3 Å². The zero-order valence-corrected chi connectivity index (χ0v) is 65.2.